The minimum Gasteiger partial charge on any atom is -0.344 e. The van der Waals surface area contributed by atoms with E-state index in [1.54, 1.807) is 0 Å². The molecule has 1 aromatic heterocycles. The van der Waals surface area contributed by atoms with Crippen molar-refractivity contribution >= 4 is 16.7 Å². The standard InChI is InChI=1S/C21H20N4S/c1-3-8-18(9-4-1)10-7-13-24-14-16-25(17-15-24)21-22-20(23-26-21)19-11-5-2-6-12-19/h1-6,8-9,11-12H,13-17H2. The van der Waals surface area contributed by atoms with E-state index in [-0.39, 0.29) is 0 Å². The zero-order valence-electron chi connectivity index (χ0n) is 14.5. The number of rotatable bonds is 3. The second-order valence-electron chi connectivity index (χ2n) is 6.20. The molecular formula is C21H20N4S. The average Bonchev–Trinajstić information content (AvgIpc) is 3.20. The lowest BCUT2D eigenvalue weighted by atomic mass is 10.2. The Labute approximate surface area is 158 Å². The molecule has 0 bridgehead atoms. The van der Waals surface area contributed by atoms with Crippen LogP contribution in [0.25, 0.3) is 11.4 Å². The van der Waals surface area contributed by atoms with Gasteiger partial charge in [-0.25, -0.2) is 0 Å². The number of hydrogen-bond acceptors (Lipinski definition) is 5. The number of nitrogens with zero attached hydrogens (tertiary/aromatic N) is 4. The fourth-order valence-electron chi connectivity index (χ4n) is 2.92. The Morgan fingerprint density at radius 2 is 1.58 bits per heavy atom. The van der Waals surface area contributed by atoms with Gasteiger partial charge in [0.2, 0.25) is 5.13 Å². The highest BCUT2D eigenvalue weighted by Gasteiger charge is 2.19. The SMILES string of the molecule is C(#Cc1ccccc1)CN1CCN(c2nc(-c3ccccc3)ns2)CC1. The molecule has 3 aromatic rings. The van der Waals surface area contributed by atoms with Gasteiger partial charge in [0.15, 0.2) is 5.82 Å². The molecule has 0 saturated carbocycles. The van der Waals surface area contributed by atoms with Gasteiger partial charge >= 0.3 is 0 Å². The topological polar surface area (TPSA) is 32.3 Å². The lowest BCUT2D eigenvalue weighted by Gasteiger charge is -2.33. The maximum Gasteiger partial charge on any atom is 0.205 e. The van der Waals surface area contributed by atoms with Gasteiger partial charge in [0, 0.05) is 48.8 Å². The molecule has 0 aliphatic carbocycles. The van der Waals surface area contributed by atoms with Gasteiger partial charge in [-0.2, -0.15) is 9.36 Å². The molecule has 5 heteroatoms. The Morgan fingerprint density at radius 3 is 2.31 bits per heavy atom. The van der Waals surface area contributed by atoms with Crippen LogP contribution in [-0.2, 0) is 0 Å². The summed E-state index contributed by atoms with van der Waals surface area (Å²) in [5.74, 6) is 7.34. The second kappa shape index (κ2) is 8.13. The molecule has 4 nitrogen and oxygen atoms in total. The van der Waals surface area contributed by atoms with E-state index in [0.29, 0.717) is 0 Å². The van der Waals surface area contributed by atoms with Gasteiger partial charge in [-0.3, -0.25) is 4.90 Å². The molecule has 0 spiro atoms. The van der Waals surface area contributed by atoms with Crippen LogP contribution in [0.3, 0.4) is 0 Å². The van der Waals surface area contributed by atoms with Gasteiger partial charge in [-0.05, 0) is 12.1 Å². The van der Waals surface area contributed by atoms with Gasteiger partial charge in [0.25, 0.3) is 0 Å². The smallest absolute Gasteiger partial charge is 0.205 e. The second-order valence-corrected chi connectivity index (χ2v) is 6.93. The zero-order chi connectivity index (χ0) is 17.6. The molecule has 0 radical (unpaired) electrons. The summed E-state index contributed by atoms with van der Waals surface area (Å²) in [5, 5.41) is 1.01. The first-order chi connectivity index (χ1) is 12.9. The first-order valence-corrected chi connectivity index (χ1v) is 9.56. The van der Waals surface area contributed by atoms with Crippen LogP contribution in [-0.4, -0.2) is 47.0 Å². The largest absolute Gasteiger partial charge is 0.344 e. The molecule has 130 valence electrons. The Balaban J connectivity index is 1.31. The summed E-state index contributed by atoms with van der Waals surface area (Å²) in [7, 11) is 0. The fourth-order valence-corrected chi connectivity index (χ4v) is 3.66. The van der Waals surface area contributed by atoms with Gasteiger partial charge in [-0.15, -0.1) is 0 Å². The van der Waals surface area contributed by atoms with E-state index in [0.717, 1.165) is 54.8 Å². The summed E-state index contributed by atoms with van der Waals surface area (Å²) in [6, 6.07) is 20.3. The first-order valence-electron chi connectivity index (χ1n) is 8.79. The van der Waals surface area contributed by atoms with Crippen LogP contribution < -0.4 is 4.90 Å². The molecule has 4 rings (SSSR count). The number of hydrogen-bond donors (Lipinski definition) is 0. The number of piperazine rings is 1. The normalized spacial score (nSPS) is 14.7. The summed E-state index contributed by atoms with van der Waals surface area (Å²) < 4.78 is 4.52. The van der Waals surface area contributed by atoms with E-state index < -0.39 is 0 Å². The summed E-state index contributed by atoms with van der Waals surface area (Å²) in [6.07, 6.45) is 0. The highest BCUT2D eigenvalue weighted by atomic mass is 32.1. The molecule has 1 fully saturated rings. The summed E-state index contributed by atoms with van der Waals surface area (Å²) in [6.45, 7) is 4.76. The van der Waals surface area contributed by atoms with Crippen LogP contribution in [0.1, 0.15) is 5.56 Å². The Hall–Kier alpha value is -2.68. The monoisotopic (exact) mass is 360 g/mol. The molecule has 1 aliphatic heterocycles. The first kappa shape index (κ1) is 16.8. The van der Waals surface area contributed by atoms with Crippen molar-refractivity contribution in [1.29, 1.82) is 0 Å². The van der Waals surface area contributed by atoms with E-state index in [1.165, 1.54) is 11.5 Å². The van der Waals surface area contributed by atoms with Crippen molar-refractivity contribution in [3.05, 3.63) is 66.2 Å². The van der Waals surface area contributed by atoms with Gasteiger partial charge < -0.3 is 4.90 Å². The molecule has 0 atom stereocenters. The van der Waals surface area contributed by atoms with Gasteiger partial charge in [0.05, 0.1) is 6.54 Å². The van der Waals surface area contributed by atoms with E-state index in [2.05, 4.69) is 38.1 Å². The molecule has 0 N–H and O–H groups in total. The minimum atomic E-state index is 0.814. The quantitative estimate of drug-likeness (QED) is 0.671. The van der Waals surface area contributed by atoms with Crippen molar-refractivity contribution in [2.45, 2.75) is 0 Å². The molecule has 26 heavy (non-hydrogen) atoms. The van der Waals surface area contributed by atoms with Crippen molar-refractivity contribution in [2.24, 2.45) is 0 Å². The van der Waals surface area contributed by atoms with E-state index in [1.807, 2.05) is 48.5 Å². The molecule has 0 unspecified atom stereocenters. The van der Waals surface area contributed by atoms with Crippen molar-refractivity contribution in [1.82, 2.24) is 14.3 Å². The van der Waals surface area contributed by atoms with Crippen molar-refractivity contribution in [2.75, 3.05) is 37.6 Å². The minimum absolute atomic E-state index is 0.814. The fraction of sp³-hybridized carbons (Fsp3) is 0.238. The molecule has 0 amide bonds. The van der Waals surface area contributed by atoms with E-state index in [9.17, 15) is 0 Å². The number of aromatic nitrogens is 2. The van der Waals surface area contributed by atoms with Crippen LogP contribution in [0.5, 0.6) is 0 Å². The van der Waals surface area contributed by atoms with Gasteiger partial charge in [0.1, 0.15) is 0 Å². The molecule has 1 aliphatic rings. The summed E-state index contributed by atoms with van der Waals surface area (Å²) in [4.78, 5) is 9.44. The van der Waals surface area contributed by atoms with Crippen LogP contribution in [0.4, 0.5) is 5.13 Å². The average molecular weight is 360 g/mol. The highest BCUT2D eigenvalue weighted by Crippen LogP contribution is 2.24. The lowest BCUT2D eigenvalue weighted by Crippen LogP contribution is -2.46. The van der Waals surface area contributed by atoms with Crippen LogP contribution in [0.15, 0.2) is 60.7 Å². The van der Waals surface area contributed by atoms with Crippen molar-refractivity contribution < 1.29 is 0 Å². The van der Waals surface area contributed by atoms with Crippen molar-refractivity contribution in [3.8, 4) is 23.2 Å². The Kier molecular flexibility index (Phi) is 5.25. The van der Waals surface area contributed by atoms with Crippen LogP contribution in [0, 0.1) is 11.8 Å². The van der Waals surface area contributed by atoms with Gasteiger partial charge in [-0.1, -0.05) is 60.4 Å². The van der Waals surface area contributed by atoms with E-state index >= 15 is 0 Å². The third-order valence-electron chi connectivity index (χ3n) is 4.40. The molecule has 1 saturated heterocycles. The number of benzene rings is 2. The number of anilines is 1. The van der Waals surface area contributed by atoms with Crippen LogP contribution >= 0.6 is 11.5 Å². The third kappa shape index (κ3) is 4.10. The summed E-state index contributed by atoms with van der Waals surface area (Å²) in [5.41, 5.74) is 2.15. The highest BCUT2D eigenvalue weighted by molar-refractivity contribution is 7.09. The predicted molar refractivity (Wildman–Crippen MR) is 107 cm³/mol. The van der Waals surface area contributed by atoms with E-state index in [4.69, 9.17) is 4.98 Å². The predicted octanol–water partition coefficient (Wildman–Crippen LogP) is 3.38. The Bertz CT molecular complexity index is 888. The maximum atomic E-state index is 4.72. The molecule has 2 aromatic carbocycles. The Morgan fingerprint density at radius 1 is 0.885 bits per heavy atom. The zero-order valence-corrected chi connectivity index (χ0v) is 15.3. The van der Waals surface area contributed by atoms with Crippen molar-refractivity contribution in [3.63, 3.8) is 0 Å². The lowest BCUT2D eigenvalue weighted by molar-refractivity contribution is 0.288. The molecule has 2 heterocycles. The third-order valence-corrected chi connectivity index (χ3v) is 5.18. The van der Waals surface area contributed by atoms with Crippen LogP contribution in [0.2, 0.25) is 0 Å². The summed E-state index contributed by atoms with van der Waals surface area (Å²) >= 11 is 1.49. The maximum absolute atomic E-state index is 4.72. The molecular weight excluding hydrogens is 340 g/mol.